The Hall–Kier alpha value is -2.25. The number of benzene rings is 1. The highest BCUT2D eigenvalue weighted by atomic mass is 32.2. The highest BCUT2D eigenvalue weighted by Crippen LogP contribution is 2.33. The second-order valence-corrected chi connectivity index (χ2v) is 7.78. The number of anilines is 1. The van der Waals surface area contributed by atoms with Crippen molar-refractivity contribution in [1.82, 2.24) is 9.97 Å². The molecule has 1 aromatic carbocycles. The summed E-state index contributed by atoms with van der Waals surface area (Å²) in [5.41, 5.74) is 2.70. The summed E-state index contributed by atoms with van der Waals surface area (Å²) in [5.74, 6) is 0. The van der Waals surface area contributed by atoms with Gasteiger partial charge in [0.15, 0.2) is 5.13 Å². The van der Waals surface area contributed by atoms with Gasteiger partial charge in [0.2, 0.25) is 0 Å². The van der Waals surface area contributed by atoms with Gasteiger partial charge in [0.1, 0.15) is 0 Å². The molecule has 0 aliphatic rings. The van der Waals surface area contributed by atoms with Crippen molar-refractivity contribution in [2.45, 2.75) is 18.7 Å². The van der Waals surface area contributed by atoms with E-state index in [0.717, 1.165) is 21.7 Å². The number of nitrogens with one attached hydrogen (secondary N) is 1. The molecule has 0 aliphatic carbocycles. The molecule has 0 aliphatic heterocycles. The van der Waals surface area contributed by atoms with Crippen LogP contribution in [-0.2, 0) is 10.0 Å². The topological polar surface area (TPSA) is 72.0 Å². The Balaban J connectivity index is 1.90. The van der Waals surface area contributed by atoms with Crippen LogP contribution < -0.4 is 4.72 Å². The monoisotopic (exact) mass is 345 g/mol. The summed E-state index contributed by atoms with van der Waals surface area (Å²) in [7, 11) is -3.63. The van der Waals surface area contributed by atoms with Crippen molar-refractivity contribution in [2.24, 2.45) is 0 Å². The van der Waals surface area contributed by atoms with Gasteiger partial charge in [0.25, 0.3) is 10.0 Å². The molecule has 0 saturated heterocycles. The molecule has 0 fully saturated rings. The summed E-state index contributed by atoms with van der Waals surface area (Å²) in [4.78, 5) is 9.52. The average molecular weight is 345 g/mol. The predicted octanol–water partition coefficient (Wildman–Crippen LogP) is 3.62. The van der Waals surface area contributed by atoms with Crippen molar-refractivity contribution in [2.75, 3.05) is 4.72 Å². The molecular weight excluding hydrogens is 330 g/mol. The third-order valence-electron chi connectivity index (χ3n) is 3.27. The van der Waals surface area contributed by atoms with E-state index in [1.807, 2.05) is 26.0 Å². The molecule has 3 rings (SSSR count). The summed E-state index contributed by atoms with van der Waals surface area (Å²) >= 11 is 1.30. The van der Waals surface area contributed by atoms with Gasteiger partial charge in [-0.05, 0) is 32.0 Å². The van der Waals surface area contributed by atoms with Crippen LogP contribution in [-0.4, -0.2) is 18.4 Å². The van der Waals surface area contributed by atoms with E-state index in [1.54, 1.807) is 36.7 Å². The van der Waals surface area contributed by atoms with Crippen molar-refractivity contribution in [1.29, 1.82) is 0 Å². The van der Waals surface area contributed by atoms with Crippen LogP contribution in [0.2, 0.25) is 0 Å². The first-order chi connectivity index (χ1) is 11.0. The summed E-state index contributed by atoms with van der Waals surface area (Å²) < 4.78 is 27.4. The number of hydrogen-bond donors (Lipinski definition) is 1. The normalized spacial score (nSPS) is 11.4. The second-order valence-electron chi connectivity index (χ2n) is 5.09. The van der Waals surface area contributed by atoms with Gasteiger partial charge in [-0.1, -0.05) is 35.1 Å². The number of aromatic nitrogens is 2. The molecule has 1 N–H and O–H groups in total. The minimum Gasteiger partial charge on any atom is -0.264 e. The van der Waals surface area contributed by atoms with Crippen LogP contribution >= 0.6 is 11.3 Å². The van der Waals surface area contributed by atoms with Gasteiger partial charge >= 0.3 is 0 Å². The van der Waals surface area contributed by atoms with Crippen LogP contribution in [0, 0.1) is 13.8 Å². The fourth-order valence-corrected chi connectivity index (χ4v) is 4.29. The maximum atomic E-state index is 12.4. The number of thiazole rings is 1. The lowest BCUT2D eigenvalue weighted by atomic mass is 10.2. The van der Waals surface area contributed by atoms with Gasteiger partial charge in [0.05, 0.1) is 15.5 Å². The molecule has 0 radical (unpaired) electrons. The fourth-order valence-electron chi connectivity index (χ4n) is 2.10. The third-order valence-corrected chi connectivity index (χ3v) is 5.88. The number of nitrogens with zero attached hydrogens (tertiary/aromatic N) is 2. The Bertz CT molecular complexity index is 918. The maximum Gasteiger partial charge on any atom is 0.263 e. The number of aryl methyl sites for hydroxylation is 2. The van der Waals surface area contributed by atoms with Crippen molar-refractivity contribution < 1.29 is 8.42 Å². The molecule has 2 aromatic heterocycles. The number of rotatable bonds is 4. The van der Waals surface area contributed by atoms with Crippen molar-refractivity contribution in [3.8, 4) is 10.4 Å². The van der Waals surface area contributed by atoms with Gasteiger partial charge in [-0.2, -0.15) is 0 Å². The minimum absolute atomic E-state index is 0.221. The summed E-state index contributed by atoms with van der Waals surface area (Å²) in [6.07, 6.45) is 3.43. The zero-order valence-corrected chi connectivity index (χ0v) is 14.3. The number of sulfonamides is 1. The van der Waals surface area contributed by atoms with E-state index in [4.69, 9.17) is 0 Å². The van der Waals surface area contributed by atoms with Crippen LogP contribution in [0.3, 0.4) is 0 Å². The lowest BCUT2D eigenvalue weighted by Gasteiger charge is -2.05. The lowest BCUT2D eigenvalue weighted by molar-refractivity contribution is 0.601. The predicted molar refractivity (Wildman–Crippen MR) is 92.1 cm³/mol. The highest BCUT2D eigenvalue weighted by Gasteiger charge is 2.18. The minimum atomic E-state index is -3.63. The molecule has 0 spiro atoms. The van der Waals surface area contributed by atoms with Crippen LogP contribution in [0.5, 0.6) is 0 Å². The first-order valence-corrected chi connectivity index (χ1v) is 9.23. The van der Waals surface area contributed by atoms with Crippen molar-refractivity contribution in [3.05, 3.63) is 60.0 Å². The number of pyridine rings is 1. The van der Waals surface area contributed by atoms with Crippen LogP contribution in [0.15, 0.2) is 53.7 Å². The van der Waals surface area contributed by atoms with Crippen molar-refractivity contribution in [3.63, 3.8) is 0 Å². The van der Waals surface area contributed by atoms with E-state index >= 15 is 0 Å². The molecule has 3 aromatic rings. The molecule has 0 unspecified atom stereocenters. The van der Waals surface area contributed by atoms with Gasteiger partial charge < -0.3 is 0 Å². The standard InChI is InChI=1S/C16H15N3O2S2/c1-11-5-7-14(8-6-11)23(20,21)19-16-18-12(2)15(22-16)13-4-3-9-17-10-13/h3-10H,1-2H3,(H,18,19). The molecule has 0 amide bonds. The zero-order chi connectivity index (χ0) is 16.4. The maximum absolute atomic E-state index is 12.4. The fraction of sp³-hybridized carbons (Fsp3) is 0.125. The van der Waals surface area contributed by atoms with Gasteiger partial charge in [-0.3, -0.25) is 9.71 Å². The summed E-state index contributed by atoms with van der Waals surface area (Å²) in [6, 6.07) is 10.5. The largest absolute Gasteiger partial charge is 0.264 e. The van der Waals surface area contributed by atoms with Crippen molar-refractivity contribution >= 4 is 26.5 Å². The number of hydrogen-bond acceptors (Lipinski definition) is 5. The molecule has 2 heterocycles. The molecule has 0 bridgehead atoms. The van der Waals surface area contributed by atoms with Gasteiger partial charge in [-0.15, -0.1) is 0 Å². The Morgan fingerprint density at radius 1 is 1.09 bits per heavy atom. The van der Waals surface area contributed by atoms with Gasteiger partial charge in [-0.25, -0.2) is 13.4 Å². The van der Waals surface area contributed by atoms with E-state index < -0.39 is 10.0 Å². The highest BCUT2D eigenvalue weighted by molar-refractivity contribution is 7.93. The Labute approximate surface area is 139 Å². The molecule has 118 valence electrons. The SMILES string of the molecule is Cc1ccc(S(=O)(=O)Nc2nc(C)c(-c3cccnc3)s2)cc1. The van der Waals surface area contributed by atoms with E-state index in [9.17, 15) is 8.42 Å². The molecule has 0 saturated carbocycles. The van der Waals surface area contributed by atoms with E-state index in [-0.39, 0.29) is 4.90 Å². The first kappa shape index (κ1) is 15.6. The van der Waals surface area contributed by atoms with E-state index in [1.165, 1.54) is 11.3 Å². The Morgan fingerprint density at radius 2 is 1.83 bits per heavy atom. The lowest BCUT2D eigenvalue weighted by Crippen LogP contribution is -2.12. The van der Waals surface area contributed by atoms with Crippen LogP contribution in [0.1, 0.15) is 11.3 Å². The Kier molecular flexibility index (Phi) is 4.14. The first-order valence-electron chi connectivity index (χ1n) is 6.93. The van der Waals surface area contributed by atoms with Crippen LogP contribution in [0.25, 0.3) is 10.4 Å². The molecule has 5 nitrogen and oxygen atoms in total. The third kappa shape index (κ3) is 3.40. The summed E-state index contributed by atoms with van der Waals surface area (Å²) in [6.45, 7) is 3.76. The van der Waals surface area contributed by atoms with Gasteiger partial charge in [0, 0.05) is 18.0 Å². The molecule has 7 heteroatoms. The van der Waals surface area contributed by atoms with E-state index in [2.05, 4.69) is 14.7 Å². The second kappa shape index (κ2) is 6.10. The molecule has 0 atom stereocenters. The smallest absolute Gasteiger partial charge is 0.263 e. The zero-order valence-electron chi connectivity index (χ0n) is 12.6. The Morgan fingerprint density at radius 3 is 2.48 bits per heavy atom. The average Bonchev–Trinajstić information content (AvgIpc) is 2.88. The molecule has 23 heavy (non-hydrogen) atoms. The van der Waals surface area contributed by atoms with E-state index in [0.29, 0.717) is 5.13 Å². The summed E-state index contributed by atoms with van der Waals surface area (Å²) in [5, 5.41) is 0.349. The quantitative estimate of drug-likeness (QED) is 0.784. The van der Waals surface area contributed by atoms with Crippen LogP contribution in [0.4, 0.5) is 5.13 Å². The molecular formula is C16H15N3O2S2.